The zero-order valence-corrected chi connectivity index (χ0v) is 10.2. The first kappa shape index (κ1) is 13.1. The molecule has 1 aromatic carbocycles. The smallest absolute Gasteiger partial charge is 0.171 e. The van der Waals surface area contributed by atoms with E-state index in [1.54, 1.807) is 0 Å². The van der Waals surface area contributed by atoms with Gasteiger partial charge in [-0.05, 0) is 18.8 Å². The van der Waals surface area contributed by atoms with Crippen LogP contribution in [-0.4, -0.2) is 5.78 Å². The third-order valence-corrected chi connectivity index (χ3v) is 3.56. The fourth-order valence-corrected chi connectivity index (χ4v) is 2.65. The minimum Gasteiger partial charge on any atom is -0.294 e. The highest BCUT2D eigenvalue weighted by Crippen LogP contribution is 2.32. The molecule has 2 unspecified atom stereocenters. The Balaban J connectivity index is 2.28. The van der Waals surface area contributed by atoms with Crippen LogP contribution in [0, 0.1) is 29.3 Å². The molecular formula is C14H15F3O. The minimum absolute atomic E-state index is 0.344. The second-order valence-electron chi connectivity index (χ2n) is 5.08. The molecule has 1 nitrogen and oxygen atoms in total. The van der Waals surface area contributed by atoms with Crippen molar-refractivity contribution in [2.45, 2.75) is 32.6 Å². The number of hydrogen-bond donors (Lipinski definition) is 0. The number of hydrogen-bond acceptors (Lipinski definition) is 1. The molecule has 1 aliphatic carbocycles. The van der Waals surface area contributed by atoms with Crippen molar-refractivity contribution in [3.8, 4) is 0 Å². The first-order chi connectivity index (χ1) is 8.49. The molecule has 4 heteroatoms. The van der Waals surface area contributed by atoms with Gasteiger partial charge >= 0.3 is 0 Å². The molecule has 0 aromatic heterocycles. The van der Waals surface area contributed by atoms with Gasteiger partial charge in [-0.3, -0.25) is 4.79 Å². The molecule has 1 aromatic rings. The van der Waals surface area contributed by atoms with Gasteiger partial charge in [-0.1, -0.05) is 19.8 Å². The Morgan fingerprint density at radius 2 is 1.78 bits per heavy atom. The summed E-state index contributed by atoms with van der Waals surface area (Å²) in [5.74, 6) is -3.69. The molecule has 0 spiro atoms. The lowest BCUT2D eigenvalue weighted by Gasteiger charge is -2.25. The van der Waals surface area contributed by atoms with Gasteiger partial charge in [0, 0.05) is 18.1 Å². The summed E-state index contributed by atoms with van der Waals surface area (Å²) in [7, 11) is 0. The molecule has 0 aliphatic heterocycles. The molecule has 0 heterocycles. The fraction of sp³-hybridized carbons (Fsp3) is 0.500. The van der Waals surface area contributed by atoms with Gasteiger partial charge < -0.3 is 0 Å². The largest absolute Gasteiger partial charge is 0.294 e. The molecule has 0 saturated heterocycles. The number of benzene rings is 1. The average Bonchev–Trinajstić information content (AvgIpc) is 2.27. The summed E-state index contributed by atoms with van der Waals surface area (Å²) >= 11 is 0. The van der Waals surface area contributed by atoms with E-state index in [9.17, 15) is 18.0 Å². The van der Waals surface area contributed by atoms with Gasteiger partial charge in [0.1, 0.15) is 17.5 Å². The van der Waals surface area contributed by atoms with Crippen molar-refractivity contribution in [3.05, 3.63) is 35.1 Å². The van der Waals surface area contributed by atoms with Crippen molar-refractivity contribution in [2.24, 2.45) is 11.8 Å². The molecule has 0 bridgehead atoms. The van der Waals surface area contributed by atoms with Crippen molar-refractivity contribution in [2.75, 3.05) is 0 Å². The van der Waals surface area contributed by atoms with Crippen LogP contribution in [0.25, 0.3) is 0 Å². The molecule has 2 atom stereocenters. The fourth-order valence-electron chi connectivity index (χ4n) is 2.65. The van der Waals surface area contributed by atoms with Crippen LogP contribution in [0.15, 0.2) is 12.1 Å². The predicted octanol–water partition coefficient (Wildman–Crippen LogP) is 4.11. The lowest BCUT2D eigenvalue weighted by Crippen LogP contribution is -2.23. The number of halogens is 3. The highest BCUT2D eigenvalue weighted by atomic mass is 19.1. The normalized spacial score (nSPS) is 24.0. The van der Waals surface area contributed by atoms with E-state index in [-0.39, 0.29) is 5.92 Å². The van der Waals surface area contributed by atoms with Gasteiger partial charge in [-0.25, -0.2) is 13.2 Å². The van der Waals surface area contributed by atoms with Crippen LogP contribution in [0.2, 0.25) is 0 Å². The van der Waals surface area contributed by atoms with Crippen LogP contribution >= 0.6 is 0 Å². The van der Waals surface area contributed by atoms with Crippen LogP contribution in [0.3, 0.4) is 0 Å². The maximum atomic E-state index is 13.5. The molecule has 1 aliphatic rings. The first-order valence-electron chi connectivity index (χ1n) is 6.17. The average molecular weight is 256 g/mol. The van der Waals surface area contributed by atoms with E-state index in [4.69, 9.17) is 0 Å². The van der Waals surface area contributed by atoms with E-state index in [0.717, 1.165) is 12.8 Å². The molecule has 0 N–H and O–H groups in total. The van der Waals surface area contributed by atoms with E-state index < -0.39 is 28.8 Å². The Hall–Kier alpha value is -1.32. The van der Waals surface area contributed by atoms with Crippen molar-refractivity contribution in [1.29, 1.82) is 0 Å². The monoisotopic (exact) mass is 256 g/mol. The summed E-state index contributed by atoms with van der Waals surface area (Å²) in [4.78, 5) is 12.1. The summed E-state index contributed by atoms with van der Waals surface area (Å²) in [6, 6.07) is 1.12. The predicted molar refractivity (Wildman–Crippen MR) is 61.8 cm³/mol. The van der Waals surface area contributed by atoms with Crippen molar-refractivity contribution in [1.82, 2.24) is 0 Å². The minimum atomic E-state index is -1.10. The summed E-state index contributed by atoms with van der Waals surface area (Å²) < 4.78 is 39.8. The van der Waals surface area contributed by atoms with Crippen LogP contribution in [0.5, 0.6) is 0 Å². The van der Waals surface area contributed by atoms with E-state index in [1.165, 1.54) is 0 Å². The molecule has 0 amide bonds. The summed E-state index contributed by atoms with van der Waals surface area (Å²) in [5.41, 5.74) is -0.588. The van der Waals surface area contributed by atoms with E-state index in [0.29, 0.717) is 30.9 Å². The highest BCUT2D eigenvalue weighted by Gasteiger charge is 2.29. The number of Topliss-reactive ketones (excluding diaryl/α,β-unsaturated/α-hetero) is 1. The van der Waals surface area contributed by atoms with E-state index in [1.807, 2.05) is 6.92 Å². The third-order valence-electron chi connectivity index (χ3n) is 3.56. The number of rotatable bonds is 2. The molecule has 2 rings (SSSR count). The Labute approximate surface area is 104 Å². The Morgan fingerprint density at radius 1 is 1.17 bits per heavy atom. The zero-order chi connectivity index (χ0) is 13.3. The van der Waals surface area contributed by atoms with Gasteiger partial charge in [0.25, 0.3) is 0 Å². The molecule has 0 radical (unpaired) electrons. The summed E-state index contributed by atoms with van der Waals surface area (Å²) in [6.45, 7) is 2.02. The van der Waals surface area contributed by atoms with Crippen LogP contribution in [0.4, 0.5) is 13.2 Å². The van der Waals surface area contributed by atoms with Crippen molar-refractivity contribution < 1.29 is 18.0 Å². The number of carbonyl (C=O) groups excluding carboxylic acids is 1. The molecular weight excluding hydrogens is 241 g/mol. The zero-order valence-electron chi connectivity index (χ0n) is 10.2. The van der Waals surface area contributed by atoms with E-state index >= 15 is 0 Å². The number of ketones is 1. The van der Waals surface area contributed by atoms with Crippen molar-refractivity contribution >= 4 is 5.78 Å². The topological polar surface area (TPSA) is 17.1 Å². The van der Waals surface area contributed by atoms with Crippen molar-refractivity contribution in [3.63, 3.8) is 0 Å². The van der Waals surface area contributed by atoms with Gasteiger partial charge in [0.15, 0.2) is 5.78 Å². The maximum absolute atomic E-state index is 13.5. The molecule has 18 heavy (non-hydrogen) atoms. The van der Waals surface area contributed by atoms with Gasteiger partial charge in [0.2, 0.25) is 0 Å². The van der Waals surface area contributed by atoms with Gasteiger partial charge in [-0.2, -0.15) is 0 Å². The first-order valence-corrected chi connectivity index (χ1v) is 6.17. The Kier molecular flexibility index (Phi) is 3.73. The third kappa shape index (κ3) is 2.57. The highest BCUT2D eigenvalue weighted by molar-refractivity contribution is 5.98. The standard InChI is InChI=1S/C14H15F3O/c1-8-3-2-4-9(5-8)14(18)13-11(16)6-10(15)7-12(13)17/h6-9H,2-5H2,1H3. The molecule has 1 saturated carbocycles. The van der Waals surface area contributed by atoms with Crippen LogP contribution in [0.1, 0.15) is 43.0 Å². The van der Waals surface area contributed by atoms with Crippen LogP contribution < -0.4 is 0 Å². The number of carbonyl (C=O) groups is 1. The molecule has 98 valence electrons. The molecule has 1 fully saturated rings. The van der Waals surface area contributed by atoms with Gasteiger partial charge in [-0.15, -0.1) is 0 Å². The van der Waals surface area contributed by atoms with E-state index in [2.05, 4.69) is 0 Å². The van der Waals surface area contributed by atoms with Crippen LogP contribution in [-0.2, 0) is 0 Å². The SMILES string of the molecule is CC1CCCC(C(=O)c2c(F)cc(F)cc2F)C1. The second kappa shape index (κ2) is 5.12. The maximum Gasteiger partial charge on any atom is 0.171 e. The lowest BCUT2D eigenvalue weighted by molar-refractivity contribution is 0.0859. The Morgan fingerprint density at radius 3 is 2.33 bits per heavy atom. The quantitative estimate of drug-likeness (QED) is 0.728. The lowest BCUT2D eigenvalue weighted by atomic mass is 9.78. The second-order valence-corrected chi connectivity index (χ2v) is 5.08. The Bertz CT molecular complexity index is 447. The summed E-state index contributed by atoms with van der Waals surface area (Å²) in [6.07, 6.45) is 3.23. The summed E-state index contributed by atoms with van der Waals surface area (Å²) in [5, 5.41) is 0. The van der Waals surface area contributed by atoms with Gasteiger partial charge in [0.05, 0.1) is 5.56 Å².